The van der Waals surface area contributed by atoms with Gasteiger partial charge in [-0.2, -0.15) is 4.72 Å². The Labute approximate surface area is 167 Å². The highest BCUT2D eigenvalue weighted by atomic mass is 32.2. The van der Waals surface area contributed by atoms with E-state index in [2.05, 4.69) is 14.7 Å². The molecular weight excluding hydrogens is 390 g/mol. The van der Waals surface area contributed by atoms with Crippen molar-refractivity contribution in [3.63, 3.8) is 0 Å². The Balaban J connectivity index is 1.74. The Morgan fingerprint density at radius 1 is 0.862 bits per heavy atom. The standard InChI is InChI=1S/C21H19N3O4S/c1-28-16-9-7-15(8-10-16)20(14-5-3-2-4-6-14)24-29(26,27)17-11-12-18-19(13-17)23-21(25)22-18/h2-13,20,24H,1H3,(H2,22,23,25)/t20-/m0/s1. The molecule has 29 heavy (non-hydrogen) atoms. The number of ether oxygens (including phenoxy) is 1. The third-order valence-electron chi connectivity index (χ3n) is 4.65. The average Bonchev–Trinajstić information content (AvgIpc) is 3.12. The predicted molar refractivity (Wildman–Crippen MR) is 111 cm³/mol. The molecule has 8 heteroatoms. The minimum absolute atomic E-state index is 0.0645. The number of hydrogen-bond acceptors (Lipinski definition) is 4. The summed E-state index contributed by atoms with van der Waals surface area (Å²) in [5, 5.41) is 0. The monoisotopic (exact) mass is 409 g/mol. The van der Waals surface area contributed by atoms with Crippen LogP contribution in [0.15, 0.2) is 82.5 Å². The van der Waals surface area contributed by atoms with Crippen molar-refractivity contribution in [1.29, 1.82) is 0 Å². The van der Waals surface area contributed by atoms with Crippen LogP contribution in [0.3, 0.4) is 0 Å². The van der Waals surface area contributed by atoms with Crippen LogP contribution in [-0.2, 0) is 10.0 Å². The summed E-state index contributed by atoms with van der Waals surface area (Å²) in [6, 6.07) is 20.4. The van der Waals surface area contributed by atoms with Gasteiger partial charge < -0.3 is 14.7 Å². The highest BCUT2D eigenvalue weighted by molar-refractivity contribution is 7.89. The summed E-state index contributed by atoms with van der Waals surface area (Å²) in [6.45, 7) is 0. The Bertz CT molecular complexity index is 1290. The lowest BCUT2D eigenvalue weighted by Gasteiger charge is -2.20. The normalized spacial score (nSPS) is 12.7. The van der Waals surface area contributed by atoms with Gasteiger partial charge in [-0.3, -0.25) is 0 Å². The van der Waals surface area contributed by atoms with Crippen LogP contribution < -0.4 is 15.1 Å². The molecule has 0 saturated carbocycles. The molecule has 0 radical (unpaired) electrons. The van der Waals surface area contributed by atoms with Crippen molar-refractivity contribution < 1.29 is 13.2 Å². The van der Waals surface area contributed by atoms with Gasteiger partial charge in [0, 0.05) is 0 Å². The zero-order valence-electron chi connectivity index (χ0n) is 15.5. The molecule has 148 valence electrons. The summed E-state index contributed by atoms with van der Waals surface area (Å²) in [7, 11) is -2.29. The lowest BCUT2D eigenvalue weighted by atomic mass is 10.00. The lowest BCUT2D eigenvalue weighted by molar-refractivity contribution is 0.414. The number of rotatable bonds is 6. The number of benzene rings is 3. The molecule has 0 aliphatic heterocycles. The number of fused-ring (bicyclic) bond motifs is 1. The SMILES string of the molecule is COc1ccc([C@@H](NS(=O)(=O)c2ccc3[nH]c(=O)[nH]c3c2)c2ccccc2)cc1. The van der Waals surface area contributed by atoms with Gasteiger partial charge in [0.25, 0.3) is 0 Å². The van der Waals surface area contributed by atoms with Gasteiger partial charge in [-0.05, 0) is 41.5 Å². The summed E-state index contributed by atoms with van der Waals surface area (Å²) in [5.41, 5.74) is 2.17. The van der Waals surface area contributed by atoms with Crippen LogP contribution in [0.25, 0.3) is 11.0 Å². The van der Waals surface area contributed by atoms with Crippen molar-refractivity contribution >= 4 is 21.1 Å². The molecule has 7 nitrogen and oxygen atoms in total. The first-order valence-corrected chi connectivity index (χ1v) is 10.4. The maximum atomic E-state index is 13.1. The second kappa shape index (κ2) is 7.57. The van der Waals surface area contributed by atoms with Gasteiger partial charge in [-0.1, -0.05) is 42.5 Å². The molecule has 0 saturated heterocycles. The van der Waals surface area contributed by atoms with E-state index in [1.807, 2.05) is 42.5 Å². The molecule has 4 rings (SSSR count). The number of hydrogen-bond donors (Lipinski definition) is 3. The van der Waals surface area contributed by atoms with Crippen LogP contribution in [0.5, 0.6) is 5.75 Å². The molecule has 0 spiro atoms. The van der Waals surface area contributed by atoms with Gasteiger partial charge in [0.1, 0.15) is 5.75 Å². The Hall–Kier alpha value is -3.36. The fraction of sp³-hybridized carbons (Fsp3) is 0.0952. The first-order valence-electron chi connectivity index (χ1n) is 8.89. The fourth-order valence-electron chi connectivity index (χ4n) is 3.17. The molecule has 3 aromatic carbocycles. The van der Waals surface area contributed by atoms with Crippen LogP contribution in [0.2, 0.25) is 0 Å². The highest BCUT2D eigenvalue weighted by Gasteiger charge is 2.23. The van der Waals surface area contributed by atoms with Crippen LogP contribution in [0, 0.1) is 0 Å². The number of H-pyrrole nitrogens is 2. The number of sulfonamides is 1. The maximum absolute atomic E-state index is 13.1. The van der Waals surface area contributed by atoms with Crippen molar-refractivity contribution in [2.75, 3.05) is 7.11 Å². The average molecular weight is 409 g/mol. The van der Waals surface area contributed by atoms with Crippen LogP contribution in [-0.4, -0.2) is 25.5 Å². The Morgan fingerprint density at radius 3 is 2.21 bits per heavy atom. The lowest BCUT2D eigenvalue weighted by Crippen LogP contribution is -2.29. The van der Waals surface area contributed by atoms with Crippen molar-refractivity contribution in [1.82, 2.24) is 14.7 Å². The first-order chi connectivity index (χ1) is 14.0. The largest absolute Gasteiger partial charge is 0.497 e. The number of nitrogens with one attached hydrogen (secondary N) is 3. The van der Waals surface area contributed by atoms with Crippen LogP contribution in [0.4, 0.5) is 0 Å². The molecule has 4 aromatic rings. The summed E-state index contributed by atoms with van der Waals surface area (Å²) >= 11 is 0. The zero-order valence-corrected chi connectivity index (χ0v) is 16.4. The van der Waals surface area contributed by atoms with Gasteiger partial charge in [0.05, 0.1) is 29.1 Å². The van der Waals surface area contributed by atoms with E-state index in [1.165, 1.54) is 12.1 Å². The van der Waals surface area contributed by atoms with Crippen molar-refractivity contribution in [3.8, 4) is 5.75 Å². The van der Waals surface area contributed by atoms with E-state index in [9.17, 15) is 13.2 Å². The quantitative estimate of drug-likeness (QED) is 0.455. The van der Waals surface area contributed by atoms with E-state index < -0.39 is 16.1 Å². The molecule has 0 amide bonds. The molecule has 0 bridgehead atoms. The molecule has 0 unspecified atom stereocenters. The predicted octanol–water partition coefficient (Wildman–Crippen LogP) is 2.93. The zero-order chi connectivity index (χ0) is 20.4. The van der Waals surface area contributed by atoms with E-state index in [0.29, 0.717) is 16.8 Å². The minimum atomic E-state index is -3.87. The van der Waals surface area contributed by atoms with Gasteiger partial charge in [0.15, 0.2) is 0 Å². The summed E-state index contributed by atoms with van der Waals surface area (Å²) in [6.07, 6.45) is 0. The molecule has 0 aliphatic rings. The minimum Gasteiger partial charge on any atom is -0.497 e. The number of aromatic nitrogens is 2. The Kier molecular flexibility index (Phi) is 4.96. The fourth-order valence-corrected chi connectivity index (χ4v) is 4.41. The summed E-state index contributed by atoms with van der Waals surface area (Å²) in [4.78, 5) is 16.7. The highest BCUT2D eigenvalue weighted by Crippen LogP contribution is 2.26. The molecule has 0 aliphatic carbocycles. The van der Waals surface area contributed by atoms with Crippen molar-refractivity contribution in [3.05, 3.63) is 94.4 Å². The molecule has 3 N–H and O–H groups in total. The van der Waals surface area contributed by atoms with E-state index in [0.717, 1.165) is 11.1 Å². The van der Waals surface area contributed by atoms with Gasteiger partial charge >= 0.3 is 5.69 Å². The number of aromatic amines is 2. The van der Waals surface area contributed by atoms with Crippen molar-refractivity contribution in [2.45, 2.75) is 10.9 Å². The van der Waals surface area contributed by atoms with Crippen LogP contribution >= 0.6 is 0 Å². The third kappa shape index (κ3) is 3.94. The molecular formula is C21H19N3O4S. The van der Waals surface area contributed by atoms with Crippen LogP contribution in [0.1, 0.15) is 17.2 Å². The van der Waals surface area contributed by atoms with E-state index in [4.69, 9.17) is 4.74 Å². The van der Waals surface area contributed by atoms with Gasteiger partial charge in [-0.15, -0.1) is 0 Å². The third-order valence-corrected chi connectivity index (χ3v) is 6.07. The smallest absolute Gasteiger partial charge is 0.323 e. The van der Waals surface area contributed by atoms with E-state index in [-0.39, 0.29) is 10.6 Å². The summed E-state index contributed by atoms with van der Waals surface area (Å²) in [5.74, 6) is 0.685. The second-order valence-electron chi connectivity index (χ2n) is 6.52. The number of methoxy groups -OCH3 is 1. The van der Waals surface area contributed by atoms with Gasteiger partial charge in [0.2, 0.25) is 10.0 Å². The first kappa shape index (κ1) is 19.0. The van der Waals surface area contributed by atoms with E-state index >= 15 is 0 Å². The second-order valence-corrected chi connectivity index (χ2v) is 8.24. The topological polar surface area (TPSA) is 104 Å². The molecule has 1 heterocycles. The van der Waals surface area contributed by atoms with Crippen molar-refractivity contribution in [2.24, 2.45) is 0 Å². The maximum Gasteiger partial charge on any atom is 0.323 e. The Morgan fingerprint density at radius 2 is 1.52 bits per heavy atom. The molecule has 0 fully saturated rings. The van der Waals surface area contributed by atoms with Gasteiger partial charge in [-0.25, -0.2) is 13.2 Å². The van der Waals surface area contributed by atoms with E-state index in [1.54, 1.807) is 25.3 Å². The number of imidazole rings is 1. The molecule has 1 aromatic heterocycles. The summed E-state index contributed by atoms with van der Waals surface area (Å²) < 4.78 is 34.2. The molecule has 1 atom stereocenters.